The van der Waals surface area contributed by atoms with E-state index in [1.165, 1.54) is 0 Å². The molecule has 0 aromatic heterocycles. The van der Waals surface area contributed by atoms with Crippen LogP contribution in [0.2, 0.25) is 5.02 Å². The van der Waals surface area contributed by atoms with Crippen LogP contribution in [0.1, 0.15) is 5.56 Å². The van der Waals surface area contributed by atoms with Gasteiger partial charge in [-0.25, -0.2) is 0 Å². The molecular weight excluding hydrogens is 326 g/mol. The van der Waals surface area contributed by atoms with E-state index < -0.39 is 0 Å². The Labute approximate surface area is 107 Å². The molecule has 0 aliphatic carbocycles. The predicted molar refractivity (Wildman–Crippen MR) is 69.3 cm³/mol. The minimum absolute atomic E-state index is 0.0825. The van der Waals surface area contributed by atoms with Crippen LogP contribution in [0.3, 0.4) is 0 Å². The molecule has 0 fully saturated rings. The lowest BCUT2D eigenvalue weighted by Gasteiger charge is -2.14. The Morgan fingerprint density at radius 2 is 2.13 bits per heavy atom. The highest BCUT2D eigenvalue weighted by atomic mass is 127. The molecule has 0 saturated carbocycles. The van der Waals surface area contributed by atoms with Crippen molar-refractivity contribution in [2.45, 2.75) is 6.54 Å². The van der Waals surface area contributed by atoms with E-state index in [4.69, 9.17) is 11.6 Å². The number of hydrogen-bond donors (Lipinski definition) is 0. The molecule has 2 rings (SSSR count). The summed E-state index contributed by atoms with van der Waals surface area (Å²) in [5, 5.41) is 0.660. The lowest BCUT2D eigenvalue weighted by Crippen LogP contribution is -2.29. The molecular formula is C10H10ClIN2O. The summed E-state index contributed by atoms with van der Waals surface area (Å²) in [4.78, 5) is 13.7. The number of anilines is 1. The van der Waals surface area contributed by atoms with Gasteiger partial charge in [-0.15, -0.1) is 0 Å². The molecule has 1 aromatic rings. The van der Waals surface area contributed by atoms with Crippen molar-refractivity contribution in [2.24, 2.45) is 0 Å². The number of carbonyl (C=O) groups is 1. The van der Waals surface area contributed by atoms with Gasteiger partial charge in [-0.05, 0) is 24.7 Å². The Hall–Kier alpha value is -0.330. The zero-order valence-electron chi connectivity index (χ0n) is 8.20. The minimum Gasteiger partial charge on any atom is -0.293 e. The second-order valence-corrected chi connectivity index (χ2v) is 5.02. The van der Waals surface area contributed by atoms with Gasteiger partial charge in [0.15, 0.2) is 0 Å². The van der Waals surface area contributed by atoms with E-state index in [1.807, 2.05) is 53.0 Å². The molecule has 3 nitrogen and oxygen atoms in total. The van der Waals surface area contributed by atoms with Crippen molar-refractivity contribution in [2.75, 3.05) is 16.7 Å². The molecule has 0 saturated heterocycles. The zero-order chi connectivity index (χ0) is 11.0. The second-order valence-electron chi connectivity index (χ2n) is 3.62. The fourth-order valence-corrected chi connectivity index (χ4v) is 2.40. The molecule has 0 N–H and O–H groups in total. The van der Waals surface area contributed by atoms with Crippen LogP contribution >= 0.6 is 34.5 Å². The van der Waals surface area contributed by atoms with Crippen molar-refractivity contribution in [1.82, 2.24) is 4.90 Å². The van der Waals surface area contributed by atoms with Crippen LogP contribution in [0, 0.1) is 0 Å². The summed E-state index contributed by atoms with van der Waals surface area (Å²) < 4.78 is 1.64. The molecule has 0 bridgehead atoms. The Kier molecular flexibility index (Phi) is 3.18. The van der Waals surface area contributed by atoms with Crippen LogP contribution in [-0.4, -0.2) is 24.4 Å². The van der Waals surface area contributed by atoms with Gasteiger partial charge in [-0.1, -0.05) is 17.7 Å². The third-order valence-corrected chi connectivity index (χ3v) is 3.62. The molecule has 1 heterocycles. The number of carbonyl (C=O) groups excluding carboxylic acids is 1. The number of hydrogen-bond acceptors (Lipinski definition) is 2. The number of likely N-dealkylation sites (N-methyl/N-ethyl adjacent to an activating group) is 1. The van der Waals surface area contributed by atoms with Crippen molar-refractivity contribution in [1.29, 1.82) is 0 Å². The number of benzene rings is 1. The summed E-state index contributed by atoms with van der Waals surface area (Å²) >= 11 is 7.95. The van der Waals surface area contributed by atoms with Gasteiger partial charge in [0.1, 0.15) is 0 Å². The maximum absolute atomic E-state index is 11.7. The summed E-state index contributed by atoms with van der Waals surface area (Å²) in [6.07, 6.45) is 0. The highest BCUT2D eigenvalue weighted by molar-refractivity contribution is 14.1. The van der Waals surface area contributed by atoms with E-state index in [1.54, 1.807) is 3.11 Å². The quantitative estimate of drug-likeness (QED) is 0.537. The fourth-order valence-electron chi connectivity index (χ4n) is 1.63. The number of rotatable bonds is 0. The van der Waals surface area contributed by atoms with Gasteiger partial charge in [0, 0.05) is 11.6 Å². The molecule has 1 aromatic carbocycles. The first-order valence-corrected chi connectivity index (χ1v) is 5.88. The van der Waals surface area contributed by atoms with Gasteiger partial charge in [0.2, 0.25) is 5.91 Å². The van der Waals surface area contributed by atoms with Gasteiger partial charge in [-0.3, -0.25) is 12.8 Å². The maximum Gasteiger partial charge on any atom is 0.250 e. The Morgan fingerprint density at radius 3 is 2.87 bits per heavy atom. The SMILES string of the molecule is CN1CC(=O)N(I)c2cc(Cl)ccc2C1. The first-order valence-electron chi connectivity index (χ1n) is 4.53. The highest BCUT2D eigenvalue weighted by Crippen LogP contribution is 2.30. The van der Waals surface area contributed by atoms with Gasteiger partial charge in [-0.2, -0.15) is 0 Å². The Morgan fingerprint density at radius 1 is 1.40 bits per heavy atom. The summed E-state index contributed by atoms with van der Waals surface area (Å²) in [5.41, 5.74) is 2.03. The van der Waals surface area contributed by atoms with Crippen LogP contribution in [0.25, 0.3) is 0 Å². The molecule has 1 amide bonds. The molecule has 0 radical (unpaired) electrons. The molecule has 5 heteroatoms. The summed E-state index contributed by atoms with van der Waals surface area (Å²) in [6, 6.07) is 5.66. The van der Waals surface area contributed by atoms with E-state index in [2.05, 4.69) is 0 Å². The average Bonchev–Trinajstić information content (AvgIpc) is 2.27. The minimum atomic E-state index is 0.0825. The van der Waals surface area contributed by atoms with Crippen LogP contribution in [0.15, 0.2) is 18.2 Å². The van der Waals surface area contributed by atoms with Crippen molar-refractivity contribution in [3.63, 3.8) is 0 Å². The van der Waals surface area contributed by atoms with Gasteiger partial charge >= 0.3 is 0 Å². The number of nitrogens with zero attached hydrogens (tertiary/aromatic N) is 2. The fraction of sp³-hybridized carbons (Fsp3) is 0.300. The van der Waals surface area contributed by atoms with Crippen molar-refractivity contribution < 1.29 is 4.79 Å². The number of amides is 1. The van der Waals surface area contributed by atoms with E-state index in [0.717, 1.165) is 17.8 Å². The van der Waals surface area contributed by atoms with Gasteiger partial charge in [0.25, 0.3) is 0 Å². The first kappa shape index (κ1) is 11.2. The summed E-state index contributed by atoms with van der Waals surface area (Å²) in [7, 11) is 1.94. The predicted octanol–water partition coefficient (Wildman–Crippen LogP) is 2.47. The second kappa shape index (κ2) is 4.27. The first-order chi connectivity index (χ1) is 7.08. The maximum atomic E-state index is 11.7. The largest absolute Gasteiger partial charge is 0.293 e. The van der Waals surface area contributed by atoms with E-state index >= 15 is 0 Å². The van der Waals surface area contributed by atoms with E-state index in [9.17, 15) is 4.79 Å². The molecule has 1 aliphatic rings. The van der Waals surface area contributed by atoms with E-state index in [0.29, 0.717) is 11.6 Å². The standard InChI is InChI=1S/C10H10ClIN2O/c1-13-5-7-2-3-8(11)4-9(7)14(12)10(15)6-13/h2-4H,5-6H2,1H3. The third kappa shape index (κ3) is 2.26. The van der Waals surface area contributed by atoms with Crippen molar-refractivity contribution >= 4 is 46.1 Å². The van der Waals surface area contributed by atoms with Crippen LogP contribution in [0.5, 0.6) is 0 Å². The van der Waals surface area contributed by atoms with Crippen molar-refractivity contribution in [3.8, 4) is 0 Å². The Balaban J connectivity index is 2.50. The topological polar surface area (TPSA) is 23.6 Å². The lowest BCUT2D eigenvalue weighted by atomic mass is 10.2. The number of halogens is 2. The van der Waals surface area contributed by atoms with Crippen molar-refractivity contribution in [3.05, 3.63) is 28.8 Å². The summed E-state index contributed by atoms with van der Waals surface area (Å²) in [6.45, 7) is 1.22. The molecule has 80 valence electrons. The summed E-state index contributed by atoms with van der Waals surface area (Å²) in [5.74, 6) is 0.0825. The van der Waals surface area contributed by atoms with Crippen LogP contribution in [0.4, 0.5) is 5.69 Å². The van der Waals surface area contributed by atoms with Gasteiger partial charge < -0.3 is 0 Å². The van der Waals surface area contributed by atoms with Crippen LogP contribution in [-0.2, 0) is 11.3 Å². The molecule has 0 atom stereocenters. The third-order valence-electron chi connectivity index (χ3n) is 2.32. The average molecular weight is 337 g/mol. The molecule has 0 unspecified atom stereocenters. The number of fused-ring (bicyclic) bond motifs is 1. The molecule has 1 aliphatic heterocycles. The zero-order valence-corrected chi connectivity index (χ0v) is 11.1. The molecule has 0 spiro atoms. The Bertz CT molecular complexity index is 410. The van der Waals surface area contributed by atoms with Gasteiger partial charge in [0.05, 0.1) is 35.1 Å². The molecule has 15 heavy (non-hydrogen) atoms. The lowest BCUT2D eigenvalue weighted by molar-refractivity contribution is -0.117. The monoisotopic (exact) mass is 336 g/mol. The highest BCUT2D eigenvalue weighted by Gasteiger charge is 2.22. The smallest absolute Gasteiger partial charge is 0.250 e. The van der Waals surface area contributed by atoms with Crippen LogP contribution < -0.4 is 3.11 Å². The normalized spacial score (nSPS) is 17.5. The van der Waals surface area contributed by atoms with E-state index in [-0.39, 0.29) is 5.91 Å².